The van der Waals surface area contributed by atoms with Gasteiger partial charge >= 0.3 is 0 Å². The number of carbonyl (C=O) groups excluding carboxylic acids is 2. The van der Waals surface area contributed by atoms with E-state index in [9.17, 15) is 18.0 Å². The smallest absolute Gasteiger partial charge is 0.264 e. The van der Waals surface area contributed by atoms with Crippen LogP contribution in [0.3, 0.4) is 0 Å². The Bertz CT molecular complexity index is 1290. The van der Waals surface area contributed by atoms with Crippen LogP contribution in [0.25, 0.3) is 0 Å². The quantitative estimate of drug-likeness (QED) is 0.615. The van der Waals surface area contributed by atoms with Crippen molar-refractivity contribution in [3.63, 3.8) is 0 Å². The number of sulfonamides is 1. The fourth-order valence-electron chi connectivity index (χ4n) is 3.76. The molecular formula is C24H23N3O4S. The molecule has 2 amide bonds. The van der Waals surface area contributed by atoms with Crippen LogP contribution in [0, 0.1) is 0 Å². The van der Waals surface area contributed by atoms with Crippen LogP contribution < -0.4 is 14.9 Å². The molecule has 0 spiro atoms. The third-order valence-electron chi connectivity index (χ3n) is 5.19. The van der Waals surface area contributed by atoms with Crippen molar-refractivity contribution in [3.05, 3.63) is 83.9 Å². The Morgan fingerprint density at radius 3 is 2.38 bits per heavy atom. The highest BCUT2D eigenvalue weighted by Crippen LogP contribution is 2.32. The number of aryl methyl sites for hydroxylation is 1. The van der Waals surface area contributed by atoms with Gasteiger partial charge in [0.2, 0.25) is 5.91 Å². The van der Waals surface area contributed by atoms with Crippen molar-refractivity contribution in [1.29, 1.82) is 0 Å². The van der Waals surface area contributed by atoms with E-state index in [1.807, 2.05) is 24.3 Å². The van der Waals surface area contributed by atoms with Crippen molar-refractivity contribution in [2.75, 3.05) is 21.5 Å². The van der Waals surface area contributed by atoms with Crippen molar-refractivity contribution in [3.8, 4) is 0 Å². The molecule has 0 radical (unpaired) electrons. The molecule has 1 aliphatic rings. The van der Waals surface area contributed by atoms with Crippen LogP contribution in [-0.2, 0) is 21.2 Å². The average molecular weight is 450 g/mol. The maximum absolute atomic E-state index is 13.4. The summed E-state index contributed by atoms with van der Waals surface area (Å²) in [5.41, 5.74) is 2.94. The first kappa shape index (κ1) is 21.6. The fourth-order valence-corrected chi connectivity index (χ4v) is 5.34. The van der Waals surface area contributed by atoms with E-state index in [0.717, 1.165) is 18.4 Å². The molecule has 3 aromatic rings. The number of hydrogen-bond donors (Lipinski definition) is 2. The predicted octanol–water partition coefficient (Wildman–Crippen LogP) is 4.04. The first-order valence-corrected chi connectivity index (χ1v) is 11.7. The van der Waals surface area contributed by atoms with Gasteiger partial charge in [0.1, 0.15) is 0 Å². The Morgan fingerprint density at radius 1 is 0.875 bits per heavy atom. The molecule has 0 aromatic heterocycles. The van der Waals surface area contributed by atoms with Crippen LogP contribution in [-0.4, -0.2) is 26.8 Å². The summed E-state index contributed by atoms with van der Waals surface area (Å²) in [4.78, 5) is 24.1. The van der Waals surface area contributed by atoms with Gasteiger partial charge in [0.25, 0.3) is 15.9 Å². The van der Waals surface area contributed by atoms with Crippen LogP contribution in [0.4, 0.5) is 17.1 Å². The van der Waals surface area contributed by atoms with Crippen molar-refractivity contribution < 1.29 is 18.0 Å². The lowest BCUT2D eigenvalue weighted by atomic mass is 10.0. The molecule has 0 fully saturated rings. The minimum absolute atomic E-state index is 0.0638. The van der Waals surface area contributed by atoms with Gasteiger partial charge in [0.15, 0.2) is 0 Å². The molecule has 164 valence electrons. The summed E-state index contributed by atoms with van der Waals surface area (Å²) in [6.07, 6.45) is 1.57. The number of benzene rings is 3. The van der Waals surface area contributed by atoms with Crippen molar-refractivity contribution in [1.82, 2.24) is 0 Å². The van der Waals surface area contributed by atoms with Crippen molar-refractivity contribution in [2.24, 2.45) is 0 Å². The third-order valence-corrected chi connectivity index (χ3v) is 7.00. The molecule has 0 atom stereocenters. The molecule has 8 heteroatoms. The van der Waals surface area contributed by atoms with Gasteiger partial charge in [-0.3, -0.25) is 13.9 Å². The number of nitrogens with zero attached hydrogens (tertiary/aromatic N) is 1. The number of carbonyl (C=O) groups is 2. The van der Waals surface area contributed by atoms with E-state index in [-0.39, 0.29) is 16.4 Å². The number of amides is 2. The number of hydrogen-bond acceptors (Lipinski definition) is 4. The third kappa shape index (κ3) is 4.50. The van der Waals surface area contributed by atoms with Gasteiger partial charge in [-0.15, -0.1) is 0 Å². The molecule has 0 aliphatic carbocycles. The van der Waals surface area contributed by atoms with Crippen molar-refractivity contribution in [2.45, 2.75) is 24.7 Å². The Morgan fingerprint density at radius 2 is 1.59 bits per heavy atom. The van der Waals surface area contributed by atoms with Gasteiger partial charge in [0, 0.05) is 30.4 Å². The number of nitrogens with one attached hydrogen (secondary N) is 2. The van der Waals surface area contributed by atoms with Crippen LogP contribution in [0.5, 0.6) is 0 Å². The monoisotopic (exact) mass is 449 g/mol. The summed E-state index contributed by atoms with van der Waals surface area (Å²) in [7, 11) is -3.82. The number of rotatable bonds is 5. The Hall–Kier alpha value is -3.65. The molecule has 0 unspecified atom stereocenters. The van der Waals surface area contributed by atoms with Crippen LogP contribution >= 0.6 is 0 Å². The van der Waals surface area contributed by atoms with E-state index in [1.165, 1.54) is 23.4 Å². The maximum Gasteiger partial charge on any atom is 0.264 e. The van der Waals surface area contributed by atoms with E-state index in [4.69, 9.17) is 0 Å². The summed E-state index contributed by atoms with van der Waals surface area (Å²) in [6.45, 7) is 1.80. The van der Waals surface area contributed by atoms with E-state index >= 15 is 0 Å². The van der Waals surface area contributed by atoms with E-state index in [1.54, 1.807) is 36.4 Å². The highest BCUT2D eigenvalue weighted by atomic mass is 32.2. The Balaban J connectivity index is 1.59. The van der Waals surface area contributed by atoms with Crippen LogP contribution in [0.2, 0.25) is 0 Å². The van der Waals surface area contributed by atoms with Gasteiger partial charge in [-0.2, -0.15) is 0 Å². The Labute approximate surface area is 187 Å². The van der Waals surface area contributed by atoms with E-state index < -0.39 is 15.9 Å². The maximum atomic E-state index is 13.4. The lowest BCUT2D eigenvalue weighted by Gasteiger charge is -2.30. The molecule has 0 bridgehead atoms. The fraction of sp³-hybridized carbons (Fsp3) is 0.167. The normalized spacial score (nSPS) is 13.2. The van der Waals surface area contributed by atoms with Gasteiger partial charge in [0.05, 0.1) is 10.6 Å². The molecule has 1 aliphatic heterocycles. The molecule has 4 rings (SSSR count). The highest BCUT2D eigenvalue weighted by Gasteiger charge is 2.29. The van der Waals surface area contributed by atoms with Gasteiger partial charge in [-0.25, -0.2) is 8.42 Å². The molecule has 3 aromatic carbocycles. The largest absolute Gasteiger partial charge is 0.326 e. The molecule has 1 heterocycles. The van der Waals surface area contributed by atoms with Crippen LogP contribution in [0.15, 0.2) is 77.7 Å². The summed E-state index contributed by atoms with van der Waals surface area (Å²) < 4.78 is 28.2. The Kier molecular flexibility index (Phi) is 5.96. The lowest BCUT2D eigenvalue weighted by Crippen LogP contribution is -2.35. The SMILES string of the molecule is CC(=O)Nc1cccc(NC(=O)c2cccc(S(=O)(=O)N3CCCc4ccccc43)c2)c1. The number of para-hydroxylation sites is 1. The number of anilines is 3. The first-order valence-electron chi connectivity index (χ1n) is 10.2. The summed E-state index contributed by atoms with van der Waals surface area (Å²) in [5.74, 6) is -0.660. The van der Waals surface area contributed by atoms with Crippen molar-refractivity contribution >= 4 is 38.9 Å². The average Bonchev–Trinajstić information content (AvgIpc) is 2.78. The second-order valence-corrected chi connectivity index (χ2v) is 9.42. The van der Waals surface area contributed by atoms with Crippen LogP contribution in [0.1, 0.15) is 29.3 Å². The zero-order chi connectivity index (χ0) is 22.7. The van der Waals surface area contributed by atoms with Gasteiger partial charge in [-0.1, -0.05) is 30.3 Å². The zero-order valence-corrected chi connectivity index (χ0v) is 18.4. The molecule has 0 saturated heterocycles. The summed E-state index contributed by atoms with van der Waals surface area (Å²) in [6, 6.07) is 20.2. The molecule has 32 heavy (non-hydrogen) atoms. The second-order valence-electron chi connectivity index (χ2n) is 7.55. The number of fused-ring (bicyclic) bond motifs is 1. The second kappa shape index (κ2) is 8.84. The minimum Gasteiger partial charge on any atom is -0.326 e. The molecule has 7 nitrogen and oxygen atoms in total. The highest BCUT2D eigenvalue weighted by molar-refractivity contribution is 7.92. The minimum atomic E-state index is -3.82. The summed E-state index contributed by atoms with van der Waals surface area (Å²) in [5, 5.41) is 5.40. The molecule has 2 N–H and O–H groups in total. The predicted molar refractivity (Wildman–Crippen MR) is 124 cm³/mol. The van der Waals surface area contributed by atoms with Gasteiger partial charge in [-0.05, 0) is 60.9 Å². The topological polar surface area (TPSA) is 95.6 Å². The standard InChI is InChI=1S/C24H23N3O4S/c1-17(28)25-20-10-5-11-21(16-20)26-24(29)19-8-4-12-22(15-19)32(30,31)27-14-6-9-18-7-2-3-13-23(18)27/h2-5,7-8,10-13,15-16H,6,9,14H2,1H3,(H,25,28)(H,26,29). The zero-order valence-electron chi connectivity index (χ0n) is 17.5. The summed E-state index contributed by atoms with van der Waals surface area (Å²) >= 11 is 0. The molecule has 0 saturated carbocycles. The molecular weight excluding hydrogens is 426 g/mol. The van der Waals surface area contributed by atoms with E-state index in [0.29, 0.717) is 23.6 Å². The lowest BCUT2D eigenvalue weighted by molar-refractivity contribution is -0.114. The van der Waals surface area contributed by atoms with E-state index in [2.05, 4.69) is 10.6 Å². The first-order chi connectivity index (χ1) is 15.3. The van der Waals surface area contributed by atoms with Gasteiger partial charge < -0.3 is 10.6 Å².